The van der Waals surface area contributed by atoms with Gasteiger partial charge in [-0.15, -0.1) is 0 Å². The Morgan fingerprint density at radius 3 is 2.32 bits per heavy atom. The van der Waals surface area contributed by atoms with Gasteiger partial charge in [0.05, 0.1) is 6.54 Å². The number of hydrogen-bond acceptors (Lipinski definition) is 4. The molecule has 0 fully saturated rings. The quantitative estimate of drug-likeness (QED) is 0.554. The van der Waals surface area contributed by atoms with Gasteiger partial charge in [0.1, 0.15) is 5.75 Å². The Morgan fingerprint density at radius 2 is 1.75 bits per heavy atom. The van der Waals surface area contributed by atoms with E-state index in [2.05, 4.69) is 31.4 Å². The first-order chi connectivity index (χ1) is 13.2. The monoisotopic (exact) mass is 411 g/mol. The third-order valence-electron chi connectivity index (χ3n) is 4.51. The van der Waals surface area contributed by atoms with Crippen LogP contribution in [0.15, 0.2) is 24.3 Å². The Bertz CT molecular complexity index is 607. The Balaban J connectivity index is 2.44. The molecule has 0 aliphatic heterocycles. The number of hydrogen-bond donors (Lipinski definition) is 2. The van der Waals surface area contributed by atoms with E-state index in [9.17, 15) is 9.59 Å². The van der Waals surface area contributed by atoms with Gasteiger partial charge >= 0.3 is 0 Å². The summed E-state index contributed by atoms with van der Waals surface area (Å²) in [6.07, 6.45) is 2.47. The predicted octanol–water partition coefficient (Wildman–Crippen LogP) is 3.24. The maximum Gasteiger partial charge on any atom is 0.258 e. The highest BCUT2D eigenvalue weighted by Gasteiger charge is 2.18. The number of rotatable bonds is 12. The lowest BCUT2D eigenvalue weighted by molar-refractivity contribution is -0.123. The van der Waals surface area contributed by atoms with Crippen LogP contribution in [0.2, 0.25) is 5.02 Å². The average molecular weight is 412 g/mol. The van der Waals surface area contributed by atoms with Crippen LogP contribution < -0.4 is 15.4 Å². The molecule has 2 unspecified atom stereocenters. The minimum atomic E-state index is -0.175. The van der Waals surface area contributed by atoms with Crippen LogP contribution in [0.3, 0.4) is 0 Å². The van der Waals surface area contributed by atoms with Gasteiger partial charge in [-0.05, 0) is 64.9 Å². The molecule has 2 atom stereocenters. The minimum absolute atomic E-state index is 0.00338. The highest BCUT2D eigenvalue weighted by atomic mass is 35.5. The van der Waals surface area contributed by atoms with Gasteiger partial charge in [-0.1, -0.05) is 24.9 Å². The zero-order valence-corrected chi connectivity index (χ0v) is 18.4. The fraction of sp³-hybridized carbons (Fsp3) is 0.619. The Hall–Kier alpha value is -1.79. The van der Waals surface area contributed by atoms with E-state index in [1.165, 1.54) is 0 Å². The van der Waals surface area contributed by atoms with Crippen molar-refractivity contribution in [2.75, 3.05) is 20.2 Å². The van der Waals surface area contributed by atoms with Crippen LogP contribution in [0.25, 0.3) is 0 Å². The van der Waals surface area contributed by atoms with E-state index in [4.69, 9.17) is 16.3 Å². The van der Waals surface area contributed by atoms with Crippen molar-refractivity contribution in [2.24, 2.45) is 0 Å². The lowest BCUT2D eigenvalue weighted by Gasteiger charge is -2.25. The molecule has 0 aliphatic rings. The molecule has 2 amide bonds. The second kappa shape index (κ2) is 12.6. The van der Waals surface area contributed by atoms with Crippen molar-refractivity contribution < 1.29 is 14.3 Å². The van der Waals surface area contributed by atoms with E-state index < -0.39 is 0 Å². The van der Waals surface area contributed by atoms with E-state index in [1.54, 1.807) is 24.3 Å². The molecular formula is C21H34ClN3O3. The fourth-order valence-electron chi connectivity index (χ4n) is 2.76. The number of nitrogens with zero attached hydrogens (tertiary/aromatic N) is 1. The van der Waals surface area contributed by atoms with E-state index in [-0.39, 0.29) is 30.5 Å². The van der Waals surface area contributed by atoms with Crippen LogP contribution in [0.1, 0.15) is 47.0 Å². The molecule has 0 spiro atoms. The number of likely N-dealkylation sites (N-methyl/N-ethyl adjacent to an activating group) is 1. The van der Waals surface area contributed by atoms with Crippen molar-refractivity contribution in [3.8, 4) is 5.75 Å². The molecule has 0 aromatic heterocycles. The largest absolute Gasteiger partial charge is 0.484 e. The maximum absolute atomic E-state index is 12.2. The highest BCUT2D eigenvalue weighted by molar-refractivity contribution is 6.30. The summed E-state index contributed by atoms with van der Waals surface area (Å²) in [5, 5.41) is 6.65. The highest BCUT2D eigenvalue weighted by Crippen LogP contribution is 2.15. The first-order valence-corrected chi connectivity index (χ1v) is 10.3. The van der Waals surface area contributed by atoms with Crippen LogP contribution >= 0.6 is 11.6 Å². The smallest absolute Gasteiger partial charge is 0.258 e. The summed E-state index contributed by atoms with van der Waals surface area (Å²) in [4.78, 5) is 26.4. The van der Waals surface area contributed by atoms with Gasteiger partial charge in [-0.2, -0.15) is 0 Å². The van der Waals surface area contributed by atoms with E-state index in [1.807, 2.05) is 18.9 Å². The zero-order valence-electron chi connectivity index (χ0n) is 17.6. The van der Waals surface area contributed by atoms with E-state index in [0.29, 0.717) is 29.8 Å². The van der Waals surface area contributed by atoms with Crippen molar-refractivity contribution in [1.29, 1.82) is 0 Å². The summed E-state index contributed by atoms with van der Waals surface area (Å²) in [6, 6.07) is 7.17. The number of ether oxygens (including phenoxy) is 1. The van der Waals surface area contributed by atoms with Gasteiger partial charge in [-0.3, -0.25) is 14.5 Å². The molecule has 6 nitrogen and oxygen atoms in total. The Labute approximate surface area is 174 Å². The van der Waals surface area contributed by atoms with Crippen LogP contribution in [0.5, 0.6) is 5.75 Å². The molecule has 28 heavy (non-hydrogen) atoms. The van der Waals surface area contributed by atoms with Crippen LogP contribution in [-0.2, 0) is 9.59 Å². The van der Waals surface area contributed by atoms with Crippen molar-refractivity contribution >= 4 is 23.4 Å². The number of halogens is 1. The number of benzene rings is 1. The van der Waals surface area contributed by atoms with Gasteiger partial charge in [0.25, 0.3) is 5.91 Å². The number of carbonyl (C=O) groups excluding carboxylic acids is 2. The van der Waals surface area contributed by atoms with Crippen LogP contribution in [-0.4, -0.2) is 55.0 Å². The summed E-state index contributed by atoms with van der Waals surface area (Å²) < 4.78 is 5.49. The summed E-state index contributed by atoms with van der Waals surface area (Å²) >= 11 is 5.84. The molecule has 1 rings (SSSR count). The summed E-state index contributed by atoms with van der Waals surface area (Å²) in [5.41, 5.74) is 0. The second-order valence-electron chi connectivity index (χ2n) is 7.51. The van der Waals surface area contributed by atoms with Crippen molar-refractivity contribution in [3.63, 3.8) is 0 Å². The van der Waals surface area contributed by atoms with Crippen molar-refractivity contribution in [1.82, 2.24) is 15.5 Å². The first-order valence-electron chi connectivity index (χ1n) is 9.88. The average Bonchev–Trinajstić information content (AvgIpc) is 2.61. The van der Waals surface area contributed by atoms with E-state index in [0.717, 1.165) is 12.8 Å². The third-order valence-corrected chi connectivity index (χ3v) is 4.76. The molecule has 7 heteroatoms. The van der Waals surface area contributed by atoms with Gasteiger partial charge in [-0.25, -0.2) is 0 Å². The molecule has 2 N–H and O–H groups in total. The molecule has 158 valence electrons. The number of carbonyl (C=O) groups is 2. The van der Waals surface area contributed by atoms with Gasteiger partial charge in [0.15, 0.2) is 6.61 Å². The number of amides is 2. The zero-order chi connectivity index (χ0) is 21.1. The summed E-state index contributed by atoms with van der Waals surface area (Å²) in [5.74, 6) is 0.421. The fourth-order valence-corrected chi connectivity index (χ4v) is 2.89. The number of nitrogens with one attached hydrogen (secondary N) is 2. The normalized spacial score (nSPS) is 13.3. The second-order valence-corrected chi connectivity index (χ2v) is 7.95. The van der Waals surface area contributed by atoms with Gasteiger partial charge in [0.2, 0.25) is 5.91 Å². The third kappa shape index (κ3) is 9.95. The molecule has 1 aromatic carbocycles. The summed E-state index contributed by atoms with van der Waals surface area (Å²) in [7, 11) is 1.93. The maximum atomic E-state index is 12.2. The lowest BCUT2D eigenvalue weighted by atomic mass is 10.0. The lowest BCUT2D eigenvalue weighted by Crippen LogP contribution is -2.45. The van der Waals surface area contributed by atoms with E-state index >= 15 is 0 Å². The predicted molar refractivity (Wildman–Crippen MR) is 114 cm³/mol. The first kappa shape index (κ1) is 24.2. The Morgan fingerprint density at radius 1 is 1.11 bits per heavy atom. The van der Waals surface area contributed by atoms with Crippen molar-refractivity contribution in [3.05, 3.63) is 29.3 Å². The molecule has 0 radical (unpaired) electrons. The van der Waals surface area contributed by atoms with Crippen molar-refractivity contribution in [2.45, 2.75) is 65.1 Å². The van der Waals surface area contributed by atoms with Gasteiger partial charge in [0, 0.05) is 23.1 Å². The molecule has 0 heterocycles. The molecule has 0 saturated carbocycles. The standard InChI is InChI=1S/C21H34ClN3O3/c1-6-7-18(12-16(4)23-20(26)13-25(5)15(2)3)24-21(27)14-28-19-10-8-17(22)9-11-19/h8-11,15-16,18H,6-7,12-14H2,1-5H3,(H,23,26)(H,24,27). The topological polar surface area (TPSA) is 70.7 Å². The SMILES string of the molecule is CCCC(CC(C)NC(=O)CN(C)C(C)C)NC(=O)COc1ccc(Cl)cc1. The van der Waals surface area contributed by atoms with Crippen LogP contribution in [0, 0.1) is 0 Å². The van der Waals surface area contributed by atoms with Gasteiger partial charge < -0.3 is 15.4 Å². The molecule has 0 aliphatic carbocycles. The molecule has 0 saturated heterocycles. The Kier molecular flexibility index (Phi) is 10.9. The molecule has 1 aromatic rings. The molecule has 0 bridgehead atoms. The minimum Gasteiger partial charge on any atom is -0.484 e. The van der Waals surface area contributed by atoms with Crippen LogP contribution in [0.4, 0.5) is 0 Å². The molecular weight excluding hydrogens is 378 g/mol. The summed E-state index contributed by atoms with van der Waals surface area (Å²) in [6.45, 7) is 8.45.